The van der Waals surface area contributed by atoms with Gasteiger partial charge < -0.3 is 5.32 Å². The van der Waals surface area contributed by atoms with Gasteiger partial charge in [0.05, 0.1) is 6.42 Å². The minimum absolute atomic E-state index is 0.0171. The zero-order chi connectivity index (χ0) is 13.8. The van der Waals surface area contributed by atoms with Crippen molar-refractivity contribution in [2.45, 2.75) is 26.2 Å². The SMILES string of the molecule is CC(C)c1cnc(NC(=O)Cc2ccccc2F)s1. The number of nitrogens with one attached hydrogen (secondary N) is 1. The molecule has 0 fully saturated rings. The van der Waals surface area contributed by atoms with Crippen molar-refractivity contribution in [2.75, 3.05) is 5.32 Å². The van der Waals surface area contributed by atoms with Crippen molar-refractivity contribution in [2.24, 2.45) is 0 Å². The summed E-state index contributed by atoms with van der Waals surface area (Å²) in [6.45, 7) is 4.14. The molecule has 0 spiro atoms. The summed E-state index contributed by atoms with van der Waals surface area (Å²) in [5, 5.41) is 3.25. The summed E-state index contributed by atoms with van der Waals surface area (Å²) >= 11 is 1.45. The molecule has 5 heteroatoms. The first-order valence-corrected chi connectivity index (χ1v) is 6.87. The van der Waals surface area contributed by atoms with Gasteiger partial charge in [0.25, 0.3) is 0 Å². The van der Waals surface area contributed by atoms with E-state index in [-0.39, 0.29) is 18.1 Å². The van der Waals surface area contributed by atoms with E-state index in [0.717, 1.165) is 4.88 Å². The number of benzene rings is 1. The van der Waals surface area contributed by atoms with Crippen molar-refractivity contribution < 1.29 is 9.18 Å². The monoisotopic (exact) mass is 278 g/mol. The van der Waals surface area contributed by atoms with Crippen LogP contribution >= 0.6 is 11.3 Å². The molecule has 0 saturated carbocycles. The topological polar surface area (TPSA) is 42.0 Å². The highest BCUT2D eigenvalue weighted by Crippen LogP contribution is 2.25. The first-order valence-electron chi connectivity index (χ1n) is 6.05. The van der Waals surface area contributed by atoms with Crippen LogP contribution < -0.4 is 5.32 Å². The lowest BCUT2D eigenvalue weighted by Crippen LogP contribution is -2.14. The molecule has 1 aromatic carbocycles. The van der Waals surface area contributed by atoms with E-state index in [1.807, 2.05) is 0 Å². The molecule has 19 heavy (non-hydrogen) atoms. The van der Waals surface area contributed by atoms with Crippen LogP contribution in [0.15, 0.2) is 30.5 Å². The third-order valence-corrected chi connectivity index (χ3v) is 3.86. The number of halogens is 1. The first-order chi connectivity index (χ1) is 9.06. The van der Waals surface area contributed by atoms with E-state index in [2.05, 4.69) is 24.1 Å². The average molecular weight is 278 g/mol. The van der Waals surface area contributed by atoms with Crippen molar-refractivity contribution >= 4 is 22.4 Å². The molecular formula is C14H15FN2OS. The lowest BCUT2D eigenvalue weighted by atomic mass is 10.1. The van der Waals surface area contributed by atoms with E-state index in [1.165, 1.54) is 17.4 Å². The predicted molar refractivity (Wildman–Crippen MR) is 74.9 cm³/mol. The van der Waals surface area contributed by atoms with E-state index < -0.39 is 0 Å². The molecule has 1 amide bonds. The summed E-state index contributed by atoms with van der Waals surface area (Å²) in [5.41, 5.74) is 0.389. The molecule has 0 radical (unpaired) electrons. The number of hydrogen-bond donors (Lipinski definition) is 1. The van der Waals surface area contributed by atoms with Gasteiger partial charge in [-0.3, -0.25) is 4.79 Å². The molecule has 100 valence electrons. The highest BCUT2D eigenvalue weighted by Gasteiger charge is 2.11. The Kier molecular flexibility index (Phi) is 4.27. The number of anilines is 1. The summed E-state index contributed by atoms with van der Waals surface area (Å²) in [7, 11) is 0. The minimum atomic E-state index is -0.361. The van der Waals surface area contributed by atoms with Gasteiger partial charge in [-0.2, -0.15) is 0 Å². The summed E-state index contributed by atoms with van der Waals surface area (Å²) in [4.78, 5) is 17.0. The van der Waals surface area contributed by atoms with Crippen LogP contribution in [0.1, 0.15) is 30.2 Å². The maximum Gasteiger partial charge on any atom is 0.230 e. The van der Waals surface area contributed by atoms with E-state index in [9.17, 15) is 9.18 Å². The van der Waals surface area contributed by atoms with Crippen LogP contribution in [0.2, 0.25) is 0 Å². The fourth-order valence-corrected chi connectivity index (χ4v) is 2.42. The molecule has 0 aliphatic carbocycles. The Balaban J connectivity index is 1.99. The Labute approximate surface area is 115 Å². The number of thiazole rings is 1. The second-order valence-corrected chi connectivity index (χ2v) is 5.60. The van der Waals surface area contributed by atoms with Gasteiger partial charge in [-0.1, -0.05) is 32.0 Å². The Hall–Kier alpha value is -1.75. The first kappa shape index (κ1) is 13.7. The third-order valence-electron chi connectivity index (χ3n) is 2.65. The van der Waals surface area contributed by atoms with E-state index >= 15 is 0 Å². The zero-order valence-electron chi connectivity index (χ0n) is 10.8. The Morgan fingerprint density at radius 2 is 2.16 bits per heavy atom. The zero-order valence-corrected chi connectivity index (χ0v) is 11.6. The number of rotatable bonds is 4. The molecule has 1 heterocycles. The maximum absolute atomic E-state index is 13.4. The van der Waals surface area contributed by atoms with Gasteiger partial charge in [-0.05, 0) is 17.5 Å². The normalized spacial score (nSPS) is 10.7. The quantitative estimate of drug-likeness (QED) is 0.928. The molecule has 0 saturated heterocycles. The Morgan fingerprint density at radius 1 is 1.42 bits per heavy atom. The molecule has 1 N–H and O–H groups in total. The largest absolute Gasteiger partial charge is 0.302 e. The molecule has 2 aromatic rings. The predicted octanol–water partition coefficient (Wildman–Crippen LogP) is 3.59. The highest BCUT2D eigenvalue weighted by atomic mass is 32.1. The van der Waals surface area contributed by atoms with Crippen LogP contribution in [0.4, 0.5) is 9.52 Å². The lowest BCUT2D eigenvalue weighted by molar-refractivity contribution is -0.115. The van der Waals surface area contributed by atoms with Crippen LogP contribution in [0.3, 0.4) is 0 Å². The smallest absolute Gasteiger partial charge is 0.230 e. The van der Waals surface area contributed by atoms with Gasteiger partial charge in [0.15, 0.2) is 5.13 Å². The van der Waals surface area contributed by atoms with Gasteiger partial charge in [0, 0.05) is 11.1 Å². The van der Waals surface area contributed by atoms with Crippen LogP contribution in [0, 0.1) is 5.82 Å². The Bertz CT molecular complexity index is 580. The maximum atomic E-state index is 13.4. The fourth-order valence-electron chi connectivity index (χ4n) is 1.59. The van der Waals surface area contributed by atoms with Gasteiger partial charge in [0.2, 0.25) is 5.91 Å². The summed E-state index contributed by atoms with van der Waals surface area (Å²) in [5.74, 6) is -0.232. The van der Waals surface area contributed by atoms with Crippen LogP contribution in [0.25, 0.3) is 0 Å². The number of carbonyl (C=O) groups is 1. The van der Waals surface area contributed by atoms with E-state index in [1.54, 1.807) is 24.4 Å². The third kappa shape index (κ3) is 3.61. The Morgan fingerprint density at radius 3 is 2.79 bits per heavy atom. The summed E-state index contributed by atoms with van der Waals surface area (Å²) in [6, 6.07) is 6.28. The number of amides is 1. The molecule has 2 rings (SSSR count). The summed E-state index contributed by atoms with van der Waals surface area (Å²) in [6.07, 6.45) is 1.78. The van der Waals surface area contributed by atoms with Crippen LogP contribution in [0.5, 0.6) is 0 Å². The molecule has 0 atom stereocenters. The van der Waals surface area contributed by atoms with Crippen molar-refractivity contribution in [3.63, 3.8) is 0 Å². The van der Waals surface area contributed by atoms with Gasteiger partial charge >= 0.3 is 0 Å². The van der Waals surface area contributed by atoms with Gasteiger partial charge in [-0.25, -0.2) is 9.37 Å². The van der Waals surface area contributed by atoms with Crippen LogP contribution in [-0.2, 0) is 11.2 Å². The molecule has 1 aromatic heterocycles. The van der Waals surface area contributed by atoms with Gasteiger partial charge in [0.1, 0.15) is 5.82 Å². The number of aromatic nitrogens is 1. The fraction of sp³-hybridized carbons (Fsp3) is 0.286. The molecule has 0 aliphatic heterocycles. The second-order valence-electron chi connectivity index (χ2n) is 4.54. The average Bonchev–Trinajstić information content (AvgIpc) is 2.80. The number of hydrogen-bond acceptors (Lipinski definition) is 3. The summed E-state index contributed by atoms with van der Waals surface area (Å²) < 4.78 is 13.4. The van der Waals surface area contributed by atoms with Crippen molar-refractivity contribution in [1.82, 2.24) is 4.98 Å². The van der Waals surface area contributed by atoms with Crippen molar-refractivity contribution in [3.8, 4) is 0 Å². The van der Waals surface area contributed by atoms with Crippen LogP contribution in [-0.4, -0.2) is 10.9 Å². The second kappa shape index (κ2) is 5.93. The standard InChI is InChI=1S/C14H15FN2OS/c1-9(2)12-8-16-14(19-12)17-13(18)7-10-5-3-4-6-11(10)15/h3-6,8-9H,7H2,1-2H3,(H,16,17,18). The minimum Gasteiger partial charge on any atom is -0.302 e. The number of nitrogens with zero attached hydrogens (tertiary/aromatic N) is 1. The molecule has 0 aliphatic rings. The highest BCUT2D eigenvalue weighted by molar-refractivity contribution is 7.15. The van der Waals surface area contributed by atoms with E-state index in [4.69, 9.17) is 0 Å². The lowest BCUT2D eigenvalue weighted by Gasteiger charge is -2.03. The van der Waals surface area contributed by atoms with Crippen molar-refractivity contribution in [1.29, 1.82) is 0 Å². The molecule has 0 unspecified atom stereocenters. The molecular weight excluding hydrogens is 263 g/mol. The van der Waals surface area contributed by atoms with Gasteiger partial charge in [-0.15, -0.1) is 11.3 Å². The number of carbonyl (C=O) groups excluding carboxylic acids is 1. The molecule has 3 nitrogen and oxygen atoms in total. The van der Waals surface area contributed by atoms with E-state index in [0.29, 0.717) is 16.6 Å². The van der Waals surface area contributed by atoms with Crippen molar-refractivity contribution in [3.05, 3.63) is 46.7 Å². The molecule has 0 bridgehead atoms.